The quantitative estimate of drug-likeness (QED) is 0.562. The first-order valence-corrected chi connectivity index (χ1v) is 8.28. The Morgan fingerprint density at radius 1 is 0.963 bits per heavy atom. The standard InChI is InChI=1S/C21H15FN4O/c22-17-7-2-8-18(11-17)26-21(23)19(13-25-26)20(27)15-5-1-4-14(10-15)16-6-3-9-24-12-16/h1-13H,23H2. The monoisotopic (exact) mass is 358 g/mol. The van der Waals surface area contributed by atoms with Crippen LogP contribution in [0.2, 0.25) is 0 Å². The summed E-state index contributed by atoms with van der Waals surface area (Å²) in [6, 6.07) is 16.9. The number of hydrogen-bond donors (Lipinski definition) is 1. The largest absolute Gasteiger partial charge is 0.383 e. The maximum absolute atomic E-state index is 13.5. The number of carbonyl (C=O) groups excluding carboxylic acids is 1. The van der Waals surface area contributed by atoms with Crippen LogP contribution in [-0.4, -0.2) is 20.5 Å². The number of hydrogen-bond acceptors (Lipinski definition) is 4. The molecule has 27 heavy (non-hydrogen) atoms. The predicted molar refractivity (Wildman–Crippen MR) is 101 cm³/mol. The number of nitrogens with zero attached hydrogens (tertiary/aromatic N) is 3. The minimum Gasteiger partial charge on any atom is -0.383 e. The summed E-state index contributed by atoms with van der Waals surface area (Å²) in [5.41, 5.74) is 9.12. The fourth-order valence-corrected chi connectivity index (χ4v) is 2.88. The molecule has 2 aromatic carbocycles. The Bertz CT molecular complexity index is 1120. The molecule has 5 nitrogen and oxygen atoms in total. The van der Waals surface area contributed by atoms with Crippen LogP contribution >= 0.6 is 0 Å². The molecule has 0 spiro atoms. The van der Waals surface area contributed by atoms with Crippen LogP contribution in [0.5, 0.6) is 0 Å². The average Bonchev–Trinajstić information content (AvgIpc) is 3.09. The lowest BCUT2D eigenvalue weighted by Crippen LogP contribution is -2.07. The summed E-state index contributed by atoms with van der Waals surface area (Å²) in [5.74, 6) is -0.488. The van der Waals surface area contributed by atoms with Gasteiger partial charge in [0, 0.05) is 23.5 Å². The number of halogens is 1. The van der Waals surface area contributed by atoms with Crippen LogP contribution in [0, 0.1) is 5.82 Å². The normalized spacial score (nSPS) is 10.7. The fraction of sp³-hybridized carbons (Fsp3) is 0. The highest BCUT2D eigenvalue weighted by atomic mass is 19.1. The molecule has 0 radical (unpaired) electrons. The smallest absolute Gasteiger partial charge is 0.198 e. The summed E-state index contributed by atoms with van der Waals surface area (Å²) < 4.78 is 14.8. The van der Waals surface area contributed by atoms with Gasteiger partial charge in [-0.05, 0) is 35.9 Å². The summed E-state index contributed by atoms with van der Waals surface area (Å²) in [4.78, 5) is 17.0. The van der Waals surface area contributed by atoms with Gasteiger partial charge in [-0.15, -0.1) is 0 Å². The molecule has 0 saturated heterocycles. The van der Waals surface area contributed by atoms with E-state index in [1.165, 1.54) is 23.0 Å². The highest BCUT2D eigenvalue weighted by molar-refractivity contribution is 6.12. The van der Waals surface area contributed by atoms with Crippen molar-refractivity contribution < 1.29 is 9.18 Å². The zero-order valence-electron chi connectivity index (χ0n) is 14.2. The molecule has 0 unspecified atom stereocenters. The van der Waals surface area contributed by atoms with E-state index < -0.39 is 5.82 Å². The Balaban J connectivity index is 1.70. The van der Waals surface area contributed by atoms with Crippen molar-refractivity contribution >= 4 is 11.6 Å². The molecule has 2 N–H and O–H groups in total. The maximum Gasteiger partial charge on any atom is 0.198 e. The van der Waals surface area contributed by atoms with Crippen LogP contribution < -0.4 is 5.73 Å². The fourth-order valence-electron chi connectivity index (χ4n) is 2.88. The van der Waals surface area contributed by atoms with Gasteiger partial charge in [0.15, 0.2) is 5.78 Å². The molecule has 0 bridgehead atoms. The Kier molecular flexibility index (Phi) is 4.22. The first-order chi connectivity index (χ1) is 13.1. The topological polar surface area (TPSA) is 73.8 Å². The Labute approximate surface area is 154 Å². The van der Waals surface area contributed by atoms with E-state index in [-0.39, 0.29) is 17.2 Å². The average molecular weight is 358 g/mol. The summed E-state index contributed by atoms with van der Waals surface area (Å²) in [6.45, 7) is 0. The van der Waals surface area contributed by atoms with Crippen molar-refractivity contribution in [1.29, 1.82) is 0 Å². The molecule has 0 saturated carbocycles. The number of benzene rings is 2. The number of rotatable bonds is 4. The van der Waals surface area contributed by atoms with E-state index in [0.29, 0.717) is 11.3 Å². The SMILES string of the molecule is Nc1c(C(=O)c2cccc(-c3cccnc3)c2)cnn1-c1cccc(F)c1. The third kappa shape index (κ3) is 3.20. The number of pyridine rings is 1. The predicted octanol–water partition coefficient (Wildman–Crippen LogP) is 3.89. The van der Waals surface area contributed by atoms with E-state index in [1.54, 1.807) is 36.7 Å². The molecular weight excluding hydrogens is 343 g/mol. The van der Waals surface area contributed by atoms with Gasteiger partial charge in [-0.2, -0.15) is 5.10 Å². The lowest BCUT2D eigenvalue weighted by atomic mass is 10.00. The van der Waals surface area contributed by atoms with Gasteiger partial charge in [-0.3, -0.25) is 9.78 Å². The van der Waals surface area contributed by atoms with Crippen LogP contribution in [0.25, 0.3) is 16.8 Å². The van der Waals surface area contributed by atoms with E-state index in [2.05, 4.69) is 10.1 Å². The number of anilines is 1. The second-order valence-electron chi connectivity index (χ2n) is 5.99. The van der Waals surface area contributed by atoms with Crippen LogP contribution in [0.15, 0.2) is 79.3 Å². The van der Waals surface area contributed by atoms with Gasteiger partial charge in [-0.25, -0.2) is 9.07 Å². The molecule has 2 aromatic heterocycles. The molecule has 0 aliphatic carbocycles. The highest BCUT2D eigenvalue weighted by Crippen LogP contribution is 2.24. The van der Waals surface area contributed by atoms with Crippen LogP contribution in [-0.2, 0) is 0 Å². The van der Waals surface area contributed by atoms with Gasteiger partial charge in [0.1, 0.15) is 11.6 Å². The molecule has 6 heteroatoms. The van der Waals surface area contributed by atoms with Crippen LogP contribution in [0.1, 0.15) is 15.9 Å². The molecule has 0 amide bonds. The number of ketones is 1. The number of nitrogens with two attached hydrogens (primary N) is 1. The summed E-state index contributed by atoms with van der Waals surface area (Å²) in [5, 5.41) is 4.15. The van der Waals surface area contributed by atoms with E-state index in [4.69, 9.17) is 5.73 Å². The zero-order valence-corrected chi connectivity index (χ0v) is 14.2. The van der Waals surface area contributed by atoms with E-state index >= 15 is 0 Å². The van der Waals surface area contributed by atoms with E-state index in [0.717, 1.165) is 11.1 Å². The molecular formula is C21H15FN4O. The first-order valence-electron chi connectivity index (χ1n) is 8.28. The highest BCUT2D eigenvalue weighted by Gasteiger charge is 2.18. The van der Waals surface area contributed by atoms with Gasteiger partial charge in [-0.1, -0.05) is 30.3 Å². The van der Waals surface area contributed by atoms with Gasteiger partial charge >= 0.3 is 0 Å². The molecule has 0 atom stereocenters. The van der Waals surface area contributed by atoms with E-state index in [1.807, 2.05) is 24.3 Å². The minimum atomic E-state index is -0.403. The third-order valence-electron chi connectivity index (χ3n) is 4.22. The Hall–Kier alpha value is -3.80. The lowest BCUT2D eigenvalue weighted by Gasteiger charge is -2.06. The lowest BCUT2D eigenvalue weighted by molar-refractivity contribution is 0.103. The molecule has 0 fully saturated rings. The number of carbonyl (C=O) groups is 1. The molecule has 0 aliphatic heterocycles. The van der Waals surface area contributed by atoms with Crippen molar-refractivity contribution in [3.63, 3.8) is 0 Å². The van der Waals surface area contributed by atoms with Crippen molar-refractivity contribution in [1.82, 2.24) is 14.8 Å². The summed E-state index contributed by atoms with van der Waals surface area (Å²) in [6.07, 6.45) is 4.83. The Morgan fingerprint density at radius 2 is 1.78 bits per heavy atom. The molecule has 132 valence electrons. The van der Waals surface area contributed by atoms with Crippen molar-refractivity contribution in [3.05, 3.63) is 96.2 Å². The van der Waals surface area contributed by atoms with E-state index in [9.17, 15) is 9.18 Å². The molecule has 4 rings (SSSR count). The second-order valence-corrected chi connectivity index (χ2v) is 5.99. The van der Waals surface area contributed by atoms with Crippen molar-refractivity contribution in [2.24, 2.45) is 0 Å². The first kappa shape index (κ1) is 16.7. The van der Waals surface area contributed by atoms with Crippen molar-refractivity contribution in [3.8, 4) is 16.8 Å². The van der Waals surface area contributed by atoms with Gasteiger partial charge in [0.25, 0.3) is 0 Å². The molecule has 0 aliphatic rings. The summed E-state index contributed by atoms with van der Waals surface area (Å²) >= 11 is 0. The third-order valence-corrected chi connectivity index (χ3v) is 4.22. The summed E-state index contributed by atoms with van der Waals surface area (Å²) in [7, 11) is 0. The maximum atomic E-state index is 13.5. The van der Waals surface area contributed by atoms with Crippen molar-refractivity contribution in [2.75, 3.05) is 5.73 Å². The number of aromatic nitrogens is 3. The zero-order chi connectivity index (χ0) is 18.8. The van der Waals surface area contributed by atoms with Crippen molar-refractivity contribution in [2.45, 2.75) is 0 Å². The minimum absolute atomic E-state index is 0.164. The van der Waals surface area contributed by atoms with Gasteiger partial charge in [0.05, 0.1) is 17.4 Å². The van der Waals surface area contributed by atoms with Gasteiger partial charge in [0.2, 0.25) is 0 Å². The van der Waals surface area contributed by atoms with Crippen LogP contribution in [0.3, 0.4) is 0 Å². The Morgan fingerprint density at radius 3 is 2.56 bits per heavy atom. The van der Waals surface area contributed by atoms with Gasteiger partial charge < -0.3 is 5.73 Å². The second kappa shape index (κ2) is 6.84. The van der Waals surface area contributed by atoms with Crippen LogP contribution in [0.4, 0.5) is 10.2 Å². The molecule has 4 aromatic rings. The number of nitrogen functional groups attached to an aromatic ring is 1. The molecule has 2 heterocycles.